The molecular formula is C11H23NO. The zero-order valence-corrected chi connectivity index (χ0v) is 9.23. The lowest BCUT2D eigenvalue weighted by atomic mass is 10.1. The summed E-state index contributed by atoms with van der Waals surface area (Å²) < 4.78 is 0. The highest BCUT2D eigenvalue weighted by molar-refractivity contribution is 5.75. The Morgan fingerprint density at radius 1 is 1.23 bits per heavy atom. The van der Waals surface area contributed by atoms with Gasteiger partial charge in [0.05, 0.1) is 0 Å². The van der Waals surface area contributed by atoms with Crippen molar-refractivity contribution in [1.29, 1.82) is 0 Å². The molecule has 0 radical (unpaired) electrons. The number of carbonyl (C=O) groups is 1. The maximum absolute atomic E-state index is 11.1. The predicted octanol–water partition coefficient (Wildman–Crippen LogP) is 2.87. The van der Waals surface area contributed by atoms with Gasteiger partial charge in [0.2, 0.25) is 5.91 Å². The Morgan fingerprint density at radius 3 is 2.38 bits per heavy atom. The van der Waals surface area contributed by atoms with Crippen LogP contribution in [0.3, 0.4) is 0 Å². The van der Waals surface area contributed by atoms with Crippen LogP contribution in [0.5, 0.6) is 0 Å². The van der Waals surface area contributed by atoms with Crippen LogP contribution >= 0.6 is 0 Å². The lowest BCUT2D eigenvalue weighted by molar-refractivity contribution is -0.121. The largest absolute Gasteiger partial charge is 0.353 e. The molecule has 0 heterocycles. The Kier molecular flexibility index (Phi) is 7.76. The first-order valence-corrected chi connectivity index (χ1v) is 5.53. The quantitative estimate of drug-likeness (QED) is 0.607. The third-order valence-electron chi connectivity index (χ3n) is 2.34. The Morgan fingerprint density at radius 2 is 1.92 bits per heavy atom. The van der Waals surface area contributed by atoms with E-state index in [9.17, 15) is 4.79 Å². The summed E-state index contributed by atoms with van der Waals surface area (Å²) >= 11 is 0. The number of amides is 1. The highest BCUT2D eigenvalue weighted by Gasteiger charge is 2.07. The zero-order chi connectivity index (χ0) is 10.1. The summed E-state index contributed by atoms with van der Waals surface area (Å²) in [6.45, 7) is 6.23. The summed E-state index contributed by atoms with van der Waals surface area (Å²) in [7, 11) is 0. The number of carbonyl (C=O) groups excluding carboxylic acids is 1. The molecule has 0 aliphatic carbocycles. The van der Waals surface area contributed by atoms with Crippen LogP contribution in [-0.2, 0) is 4.79 Å². The average molecular weight is 185 g/mol. The van der Waals surface area contributed by atoms with E-state index in [1.807, 2.05) is 6.92 Å². The molecule has 0 saturated carbocycles. The fourth-order valence-electron chi connectivity index (χ4n) is 1.35. The van der Waals surface area contributed by atoms with E-state index < -0.39 is 0 Å². The van der Waals surface area contributed by atoms with Gasteiger partial charge in [-0.2, -0.15) is 0 Å². The van der Waals surface area contributed by atoms with Crippen LogP contribution in [0.4, 0.5) is 0 Å². The standard InChI is InChI=1S/C11H23NO/c1-4-7-8-9-10(5-2)12-11(13)6-3/h10H,4-9H2,1-3H3,(H,12,13). The van der Waals surface area contributed by atoms with Crippen molar-refractivity contribution in [1.82, 2.24) is 5.32 Å². The summed E-state index contributed by atoms with van der Waals surface area (Å²) in [6, 6.07) is 0.402. The average Bonchev–Trinajstić information content (AvgIpc) is 2.16. The lowest BCUT2D eigenvalue weighted by Crippen LogP contribution is -2.33. The molecular weight excluding hydrogens is 162 g/mol. The summed E-state index contributed by atoms with van der Waals surface area (Å²) in [5.41, 5.74) is 0. The maximum Gasteiger partial charge on any atom is 0.219 e. The van der Waals surface area contributed by atoms with Crippen molar-refractivity contribution in [2.45, 2.75) is 65.3 Å². The van der Waals surface area contributed by atoms with Gasteiger partial charge in [0.15, 0.2) is 0 Å². The molecule has 0 aliphatic heterocycles. The number of hydrogen-bond acceptors (Lipinski definition) is 1. The van der Waals surface area contributed by atoms with E-state index in [2.05, 4.69) is 19.2 Å². The third-order valence-corrected chi connectivity index (χ3v) is 2.34. The maximum atomic E-state index is 11.1. The van der Waals surface area contributed by atoms with E-state index in [1.165, 1.54) is 19.3 Å². The Hall–Kier alpha value is -0.530. The second-order valence-corrected chi connectivity index (χ2v) is 3.52. The summed E-state index contributed by atoms with van der Waals surface area (Å²) in [4.78, 5) is 11.1. The van der Waals surface area contributed by atoms with Crippen LogP contribution in [0.15, 0.2) is 0 Å². The van der Waals surface area contributed by atoms with Crippen LogP contribution in [0.2, 0.25) is 0 Å². The molecule has 0 saturated heterocycles. The SMILES string of the molecule is CCCCCC(CC)NC(=O)CC. The monoisotopic (exact) mass is 185 g/mol. The fraction of sp³-hybridized carbons (Fsp3) is 0.909. The lowest BCUT2D eigenvalue weighted by Gasteiger charge is -2.15. The second kappa shape index (κ2) is 8.09. The van der Waals surface area contributed by atoms with Crippen LogP contribution < -0.4 is 5.32 Å². The van der Waals surface area contributed by atoms with Crippen molar-refractivity contribution in [3.8, 4) is 0 Å². The van der Waals surface area contributed by atoms with Gasteiger partial charge >= 0.3 is 0 Å². The number of unbranched alkanes of at least 4 members (excludes halogenated alkanes) is 2. The van der Waals surface area contributed by atoms with Gasteiger partial charge < -0.3 is 5.32 Å². The molecule has 0 aromatic heterocycles. The smallest absolute Gasteiger partial charge is 0.219 e. The van der Waals surface area contributed by atoms with Crippen molar-refractivity contribution in [3.05, 3.63) is 0 Å². The predicted molar refractivity (Wildman–Crippen MR) is 56.7 cm³/mol. The molecule has 13 heavy (non-hydrogen) atoms. The molecule has 0 bridgehead atoms. The van der Waals surface area contributed by atoms with E-state index in [4.69, 9.17) is 0 Å². The van der Waals surface area contributed by atoms with Crippen molar-refractivity contribution in [2.24, 2.45) is 0 Å². The molecule has 0 spiro atoms. The molecule has 2 nitrogen and oxygen atoms in total. The zero-order valence-electron chi connectivity index (χ0n) is 9.23. The number of nitrogens with one attached hydrogen (secondary N) is 1. The van der Waals surface area contributed by atoms with Crippen molar-refractivity contribution in [2.75, 3.05) is 0 Å². The molecule has 1 amide bonds. The van der Waals surface area contributed by atoms with E-state index in [0.717, 1.165) is 12.8 Å². The Balaban J connectivity index is 3.56. The van der Waals surface area contributed by atoms with Crippen LogP contribution in [0.25, 0.3) is 0 Å². The van der Waals surface area contributed by atoms with Gasteiger partial charge in [-0.25, -0.2) is 0 Å². The molecule has 2 heteroatoms. The van der Waals surface area contributed by atoms with Gasteiger partial charge in [-0.15, -0.1) is 0 Å². The van der Waals surface area contributed by atoms with E-state index in [-0.39, 0.29) is 5.91 Å². The number of hydrogen-bond donors (Lipinski definition) is 1. The minimum atomic E-state index is 0.184. The molecule has 0 rings (SSSR count). The van der Waals surface area contributed by atoms with Gasteiger partial charge in [-0.1, -0.05) is 40.0 Å². The van der Waals surface area contributed by atoms with E-state index >= 15 is 0 Å². The Bertz CT molecular complexity index is 134. The topological polar surface area (TPSA) is 29.1 Å². The number of rotatable bonds is 7. The van der Waals surface area contributed by atoms with Crippen molar-refractivity contribution < 1.29 is 4.79 Å². The minimum absolute atomic E-state index is 0.184. The van der Waals surface area contributed by atoms with Crippen molar-refractivity contribution in [3.63, 3.8) is 0 Å². The van der Waals surface area contributed by atoms with Crippen LogP contribution in [-0.4, -0.2) is 11.9 Å². The highest BCUT2D eigenvalue weighted by Crippen LogP contribution is 2.06. The first kappa shape index (κ1) is 12.5. The summed E-state index contributed by atoms with van der Waals surface area (Å²) in [5, 5.41) is 3.04. The van der Waals surface area contributed by atoms with Crippen LogP contribution in [0, 0.1) is 0 Å². The van der Waals surface area contributed by atoms with E-state index in [1.54, 1.807) is 0 Å². The minimum Gasteiger partial charge on any atom is -0.353 e. The molecule has 1 atom stereocenters. The molecule has 0 aromatic rings. The molecule has 1 unspecified atom stereocenters. The van der Waals surface area contributed by atoms with Crippen LogP contribution in [0.1, 0.15) is 59.3 Å². The summed E-state index contributed by atoms with van der Waals surface area (Å²) in [5.74, 6) is 0.184. The summed E-state index contributed by atoms with van der Waals surface area (Å²) in [6.07, 6.45) is 6.55. The second-order valence-electron chi connectivity index (χ2n) is 3.52. The molecule has 78 valence electrons. The van der Waals surface area contributed by atoms with Gasteiger partial charge in [-0.3, -0.25) is 4.79 Å². The highest BCUT2D eigenvalue weighted by atomic mass is 16.1. The van der Waals surface area contributed by atoms with Crippen molar-refractivity contribution >= 4 is 5.91 Å². The molecule has 0 fully saturated rings. The first-order valence-electron chi connectivity index (χ1n) is 5.53. The first-order chi connectivity index (χ1) is 6.24. The van der Waals surface area contributed by atoms with Gasteiger partial charge in [0.25, 0.3) is 0 Å². The van der Waals surface area contributed by atoms with Gasteiger partial charge in [0.1, 0.15) is 0 Å². The normalized spacial score (nSPS) is 12.5. The van der Waals surface area contributed by atoms with Gasteiger partial charge in [-0.05, 0) is 12.8 Å². The third kappa shape index (κ3) is 6.62. The fourth-order valence-corrected chi connectivity index (χ4v) is 1.35. The molecule has 0 aromatic carbocycles. The Labute approximate surface area is 82.1 Å². The molecule has 0 aliphatic rings. The van der Waals surface area contributed by atoms with E-state index in [0.29, 0.717) is 12.5 Å². The van der Waals surface area contributed by atoms with Gasteiger partial charge in [0, 0.05) is 12.5 Å². The molecule has 1 N–H and O–H groups in total.